The largest absolute Gasteiger partial charge is 0.491 e. The van der Waals surface area contributed by atoms with Gasteiger partial charge in [-0.05, 0) is 36.8 Å². The summed E-state index contributed by atoms with van der Waals surface area (Å²) in [4.78, 5) is 24.0. The Bertz CT molecular complexity index is 1320. The molecule has 34 heavy (non-hydrogen) atoms. The standard InChI is InChI=1S/C22H23FN2O8S/c1-4-9-31-18-10-15-17(11-16(18)25(12-30-2)34(3,28)29)32-20(13-5-7-14(23)8-6-13)19(15)21(26)33-22(24)27/h5-8,10-11H,4,9,12H2,1-3H3,(H2,24,27). The number of methoxy groups -OCH3 is 1. The first-order valence-corrected chi connectivity index (χ1v) is 11.9. The molecule has 0 radical (unpaired) electrons. The molecule has 0 saturated heterocycles. The number of halogens is 1. The molecule has 1 heterocycles. The van der Waals surface area contributed by atoms with Crippen LogP contribution in [0.1, 0.15) is 23.7 Å². The van der Waals surface area contributed by atoms with Crippen LogP contribution in [0.2, 0.25) is 0 Å². The predicted octanol–water partition coefficient (Wildman–Crippen LogP) is 3.63. The molecular formula is C22H23FN2O8S. The number of anilines is 1. The topological polar surface area (TPSA) is 138 Å². The van der Waals surface area contributed by atoms with Gasteiger partial charge >= 0.3 is 12.1 Å². The molecule has 1 amide bonds. The molecular weight excluding hydrogens is 471 g/mol. The van der Waals surface area contributed by atoms with Gasteiger partial charge in [-0.25, -0.2) is 26.7 Å². The fourth-order valence-electron chi connectivity index (χ4n) is 3.25. The average Bonchev–Trinajstić information content (AvgIpc) is 3.13. The van der Waals surface area contributed by atoms with E-state index in [1.807, 2.05) is 6.92 Å². The molecule has 0 saturated carbocycles. The van der Waals surface area contributed by atoms with Crippen LogP contribution in [0.4, 0.5) is 14.9 Å². The summed E-state index contributed by atoms with van der Waals surface area (Å²) in [7, 11) is -2.46. The van der Waals surface area contributed by atoms with Gasteiger partial charge in [0, 0.05) is 24.1 Å². The van der Waals surface area contributed by atoms with Gasteiger partial charge in [0.2, 0.25) is 10.0 Å². The highest BCUT2D eigenvalue weighted by atomic mass is 32.2. The second-order valence-corrected chi connectivity index (χ2v) is 9.12. The van der Waals surface area contributed by atoms with Gasteiger partial charge in [-0.3, -0.25) is 0 Å². The SMILES string of the molecule is CCCOc1cc2c(C(=O)OC(N)=O)c(-c3ccc(F)cc3)oc2cc1N(COC)S(C)(=O)=O. The van der Waals surface area contributed by atoms with Crippen molar-refractivity contribution in [3.8, 4) is 17.1 Å². The van der Waals surface area contributed by atoms with Gasteiger partial charge in [0.15, 0.2) is 0 Å². The number of carbonyl (C=O) groups excluding carboxylic acids is 2. The van der Waals surface area contributed by atoms with E-state index in [9.17, 15) is 22.4 Å². The Hall–Kier alpha value is -3.64. The molecule has 10 nitrogen and oxygen atoms in total. The Balaban J connectivity index is 2.34. The Morgan fingerprint density at radius 1 is 1.18 bits per heavy atom. The molecule has 0 atom stereocenters. The molecule has 2 N–H and O–H groups in total. The molecule has 0 bridgehead atoms. The third-order valence-corrected chi connectivity index (χ3v) is 5.75. The summed E-state index contributed by atoms with van der Waals surface area (Å²) >= 11 is 0. The van der Waals surface area contributed by atoms with Crippen molar-refractivity contribution in [1.82, 2.24) is 0 Å². The monoisotopic (exact) mass is 494 g/mol. The van der Waals surface area contributed by atoms with Gasteiger partial charge in [-0.15, -0.1) is 0 Å². The average molecular weight is 494 g/mol. The van der Waals surface area contributed by atoms with Crippen LogP contribution in [0.3, 0.4) is 0 Å². The summed E-state index contributed by atoms with van der Waals surface area (Å²) in [6.07, 6.45) is 0.289. The van der Waals surface area contributed by atoms with Gasteiger partial charge in [0.25, 0.3) is 0 Å². The van der Waals surface area contributed by atoms with Crippen LogP contribution in [0.15, 0.2) is 40.8 Å². The van der Waals surface area contributed by atoms with Crippen LogP contribution in [0.25, 0.3) is 22.3 Å². The van der Waals surface area contributed by atoms with E-state index >= 15 is 0 Å². The van der Waals surface area contributed by atoms with Crippen molar-refractivity contribution in [2.75, 3.05) is 31.0 Å². The Labute approximate surface area is 195 Å². The molecule has 2 aromatic carbocycles. The number of fused-ring (bicyclic) bond motifs is 1. The second kappa shape index (κ2) is 10.1. The van der Waals surface area contributed by atoms with E-state index < -0.39 is 27.9 Å². The number of nitrogens with two attached hydrogens (primary N) is 1. The molecule has 182 valence electrons. The minimum Gasteiger partial charge on any atom is -0.491 e. The third kappa shape index (κ3) is 5.29. The van der Waals surface area contributed by atoms with Crippen LogP contribution < -0.4 is 14.8 Å². The maximum Gasteiger partial charge on any atom is 0.412 e. The number of ether oxygens (including phenoxy) is 3. The van der Waals surface area contributed by atoms with Crippen LogP contribution in [0, 0.1) is 5.82 Å². The van der Waals surface area contributed by atoms with Gasteiger partial charge in [0.1, 0.15) is 35.2 Å². The fourth-order valence-corrected chi connectivity index (χ4v) is 4.04. The zero-order valence-corrected chi connectivity index (χ0v) is 19.5. The quantitative estimate of drug-likeness (QED) is 0.270. The zero-order chi connectivity index (χ0) is 25.0. The molecule has 0 aliphatic heterocycles. The lowest BCUT2D eigenvalue weighted by atomic mass is 10.0. The first-order chi connectivity index (χ1) is 16.1. The van der Waals surface area contributed by atoms with Crippen molar-refractivity contribution in [2.24, 2.45) is 5.73 Å². The van der Waals surface area contributed by atoms with Crippen molar-refractivity contribution in [2.45, 2.75) is 13.3 Å². The molecule has 3 rings (SSSR count). The maximum absolute atomic E-state index is 13.5. The summed E-state index contributed by atoms with van der Waals surface area (Å²) in [5.41, 5.74) is 5.36. The van der Waals surface area contributed by atoms with Crippen LogP contribution in [0.5, 0.6) is 5.75 Å². The molecule has 0 aliphatic carbocycles. The summed E-state index contributed by atoms with van der Waals surface area (Å²) in [5, 5.41) is 0.172. The molecule has 0 fully saturated rings. The number of benzene rings is 2. The van der Waals surface area contributed by atoms with Crippen LogP contribution in [-0.4, -0.2) is 47.2 Å². The number of hydrogen-bond acceptors (Lipinski definition) is 8. The van der Waals surface area contributed by atoms with Crippen molar-refractivity contribution < 1.29 is 41.0 Å². The lowest BCUT2D eigenvalue weighted by molar-refractivity contribution is 0.0640. The number of amides is 1. The minimum absolute atomic E-state index is 0.0301. The second-order valence-electron chi connectivity index (χ2n) is 7.22. The van der Waals surface area contributed by atoms with E-state index in [4.69, 9.17) is 19.6 Å². The Morgan fingerprint density at radius 3 is 2.41 bits per heavy atom. The lowest BCUT2D eigenvalue weighted by Crippen LogP contribution is -2.32. The van der Waals surface area contributed by atoms with Gasteiger partial charge in [0.05, 0.1) is 18.6 Å². The van der Waals surface area contributed by atoms with Gasteiger partial charge in [-0.2, -0.15) is 0 Å². The van der Waals surface area contributed by atoms with E-state index in [0.717, 1.165) is 22.7 Å². The van der Waals surface area contributed by atoms with Gasteiger partial charge < -0.3 is 24.4 Å². The minimum atomic E-state index is -3.80. The number of esters is 1. The maximum atomic E-state index is 13.5. The van der Waals surface area contributed by atoms with E-state index in [1.165, 1.54) is 31.4 Å². The summed E-state index contributed by atoms with van der Waals surface area (Å²) in [6, 6.07) is 7.85. The molecule has 1 aromatic heterocycles. The number of primary amides is 1. The number of furan rings is 1. The Morgan fingerprint density at radius 2 is 1.85 bits per heavy atom. The number of nitrogens with zero attached hydrogens (tertiary/aromatic N) is 1. The normalized spacial score (nSPS) is 11.4. The molecule has 12 heteroatoms. The van der Waals surface area contributed by atoms with E-state index in [0.29, 0.717) is 12.0 Å². The van der Waals surface area contributed by atoms with Crippen molar-refractivity contribution in [1.29, 1.82) is 0 Å². The fraction of sp³-hybridized carbons (Fsp3) is 0.273. The first kappa shape index (κ1) is 25.0. The van der Waals surface area contributed by atoms with E-state index in [2.05, 4.69) is 4.74 Å². The smallest absolute Gasteiger partial charge is 0.412 e. The molecule has 0 spiro atoms. The van der Waals surface area contributed by atoms with Crippen LogP contribution >= 0.6 is 0 Å². The highest BCUT2D eigenvalue weighted by Crippen LogP contribution is 2.41. The van der Waals surface area contributed by atoms with Crippen molar-refractivity contribution in [3.63, 3.8) is 0 Å². The summed E-state index contributed by atoms with van der Waals surface area (Å²) in [5.74, 6) is -1.52. The Kier molecular flexibility index (Phi) is 7.42. The summed E-state index contributed by atoms with van der Waals surface area (Å²) in [6.45, 7) is 1.80. The molecule has 0 aliphatic rings. The molecule has 3 aromatic rings. The number of hydrogen-bond donors (Lipinski definition) is 1. The highest BCUT2D eigenvalue weighted by molar-refractivity contribution is 7.92. The lowest BCUT2D eigenvalue weighted by Gasteiger charge is -2.23. The third-order valence-electron chi connectivity index (χ3n) is 4.65. The molecule has 0 unspecified atom stereocenters. The van der Waals surface area contributed by atoms with E-state index in [1.54, 1.807) is 0 Å². The first-order valence-electron chi connectivity index (χ1n) is 10.0. The predicted molar refractivity (Wildman–Crippen MR) is 122 cm³/mol. The number of sulfonamides is 1. The van der Waals surface area contributed by atoms with Crippen LogP contribution in [-0.2, 0) is 19.5 Å². The summed E-state index contributed by atoms with van der Waals surface area (Å²) < 4.78 is 60.6. The van der Waals surface area contributed by atoms with Gasteiger partial charge in [-0.1, -0.05) is 6.92 Å². The van der Waals surface area contributed by atoms with E-state index in [-0.39, 0.29) is 47.1 Å². The highest BCUT2D eigenvalue weighted by Gasteiger charge is 2.29. The van der Waals surface area contributed by atoms with Crippen molar-refractivity contribution in [3.05, 3.63) is 47.8 Å². The number of rotatable bonds is 9. The zero-order valence-electron chi connectivity index (χ0n) is 18.7. The number of carbonyl (C=O) groups is 2. The van der Waals surface area contributed by atoms with Crippen molar-refractivity contribution >= 4 is 38.7 Å².